The Bertz CT molecular complexity index is 179. The standard InChI is InChI=1S/C12H23NO/c1-10(14)9-13-8-4-6-11-5-2-3-7-12(11)13/h10-12,14H,2-9H2,1H3/t10-,11?,12?/m1/s1. The molecule has 0 aromatic heterocycles. The number of aliphatic hydroxyl groups is 1. The summed E-state index contributed by atoms with van der Waals surface area (Å²) in [6.45, 7) is 4.01. The molecule has 1 aliphatic heterocycles. The summed E-state index contributed by atoms with van der Waals surface area (Å²) in [4.78, 5) is 2.54. The van der Waals surface area contributed by atoms with Gasteiger partial charge in [0.25, 0.3) is 0 Å². The van der Waals surface area contributed by atoms with Crippen molar-refractivity contribution in [1.29, 1.82) is 0 Å². The van der Waals surface area contributed by atoms with E-state index in [2.05, 4.69) is 4.90 Å². The number of aliphatic hydroxyl groups excluding tert-OH is 1. The number of nitrogens with zero attached hydrogens (tertiary/aromatic N) is 1. The van der Waals surface area contributed by atoms with E-state index in [9.17, 15) is 5.11 Å². The Hall–Kier alpha value is -0.0800. The van der Waals surface area contributed by atoms with Crippen LogP contribution in [-0.2, 0) is 0 Å². The minimum atomic E-state index is -0.157. The monoisotopic (exact) mass is 197 g/mol. The highest BCUT2D eigenvalue weighted by Crippen LogP contribution is 2.35. The fourth-order valence-corrected chi connectivity index (χ4v) is 3.29. The largest absolute Gasteiger partial charge is 0.392 e. The molecule has 0 amide bonds. The van der Waals surface area contributed by atoms with Gasteiger partial charge in [-0.25, -0.2) is 0 Å². The Morgan fingerprint density at radius 1 is 1.21 bits per heavy atom. The molecular formula is C12H23NO. The van der Waals surface area contributed by atoms with Crippen molar-refractivity contribution < 1.29 is 5.11 Å². The van der Waals surface area contributed by atoms with Crippen LogP contribution in [-0.4, -0.2) is 35.2 Å². The lowest BCUT2D eigenvalue weighted by Crippen LogP contribution is -2.49. The molecule has 1 saturated heterocycles. The van der Waals surface area contributed by atoms with Gasteiger partial charge in [-0.1, -0.05) is 12.8 Å². The maximum absolute atomic E-state index is 9.45. The second kappa shape index (κ2) is 4.63. The van der Waals surface area contributed by atoms with E-state index in [4.69, 9.17) is 0 Å². The van der Waals surface area contributed by atoms with E-state index < -0.39 is 0 Å². The Morgan fingerprint density at radius 2 is 1.93 bits per heavy atom. The number of fused-ring (bicyclic) bond motifs is 1. The van der Waals surface area contributed by atoms with Crippen molar-refractivity contribution in [2.45, 2.75) is 57.6 Å². The van der Waals surface area contributed by atoms with Crippen LogP contribution in [0.4, 0.5) is 0 Å². The van der Waals surface area contributed by atoms with Crippen LogP contribution in [0.15, 0.2) is 0 Å². The maximum atomic E-state index is 9.45. The predicted molar refractivity (Wildman–Crippen MR) is 58.2 cm³/mol. The molecule has 1 heterocycles. The van der Waals surface area contributed by atoms with Crippen molar-refractivity contribution in [3.8, 4) is 0 Å². The average molecular weight is 197 g/mol. The summed E-state index contributed by atoms with van der Waals surface area (Å²) in [5.41, 5.74) is 0. The minimum absolute atomic E-state index is 0.157. The first-order valence-electron chi connectivity index (χ1n) is 6.19. The zero-order valence-corrected chi connectivity index (χ0v) is 9.28. The summed E-state index contributed by atoms with van der Waals surface area (Å²) in [5, 5.41) is 9.45. The van der Waals surface area contributed by atoms with Gasteiger partial charge >= 0.3 is 0 Å². The summed E-state index contributed by atoms with van der Waals surface area (Å²) < 4.78 is 0. The van der Waals surface area contributed by atoms with Gasteiger partial charge in [0.1, 0.15) is 0 Å². The maximum Gasteiger partial charge on any atom is 0.0639 e. The molecule has 0 spiro atoms. The molecule has 82 valence electrons. The molecule has 0 aromatic rings. The van der Waals surface area contributed by atoms with Crippen molar-refractivity contribution in [1.82, 2.24) is 4.90 Å². The van der Waals surface area contributed by atoms with E-state index >= 15 is 0 Å². The second-order valence-electron chi connectivity index (χ2n) is 5.10. The Balaban J connectivity index is 1.94. The first kappa shape index (κ1) is 10.4. The van der Waals surface area contributed by atoms with E-state index in [0.717, 1.165) is 18.5 Å². The summed E-state index contributed by atoms with van der Waals surface area (Å²) in [5.74, 6) is 0.941. The van der Waals surface area contributed by atoms with Gasteiger partial charge in [0, 0.05) is 12.6 Å². The third-order valence-corrected chi connectivity index (χ3v) is 3.86. The van der Waals surface area contributed by atoms with Gasteiger partial charge in [-0.05, 0) is 45.1 Å². The van der Waals surface area contributed by atoms with Gasteiger partial charge in [-0.2, -0.15) is 0 Å². The molecule has 2 rings (SSSR count). The normalized spacial score (nSPS) is 36.4. The zero-order chi connectivity index (χ0) is 9.97. The van der Waals surface area contributed by atoms with Crippen LogP contribution in [0.2, 0.25) is 0 Å². The highest BCUT2D eigenvalue weighted by atomic mass is 16.3. The van der Waals surface area contributed by atoms with Gasteiger partial charge < -0.3 is 5.11 Å². The molecule has 14 heavy (non-hydrogen) atoms. The highest BCUT2D eigenvalue weighted by molar-refractivity contribution is 4.87. The Kier molecular flexibility index (Phi) is 3.45. The molecule has 0 radical (unpaired) electrons. The lowest BCUT2D eigenvalue weighted by Gasteiger charge is -2.44. The minimum Gasteiger partial charge on any atom is -0.392 e. The SMILES string of the molecule is C[C@@H](O)CN1CCCC2CCCCC21. The number of rotatable bonds is 2. The first-order valence-corrected chi connectivity index (χ1v) is 6.19. The Labute approximate surface area is 87.3 Å². The molecule has 2 nitrogen and oxygen atoms in total. The lowest BCUT2D eigenvalue weighted by molar-refractivity contribution is 0.0261. The van der Waals surface area contributed by atoms with E-state index in [-0.39, 0.29) is 6.10 Å². The van der Waals surface area contributed by atoms with Crippen LogP contribution in [0.5, 0.6) is 0 Å². The van der Waals surface area contributed by atoms with Crippen LogP contribution in [0.25, 0.3) is 0 Å². The van der Waals surface area contributed by atoms with Crippen molar-refractivity contribution in [3.05, 3.63) is 0 Å². The van der Waals surface area contributed by atoms with Crippen LogP contribution in [0.1, 0.15) is 45.4 Å². The number of hydrogen-bond acceptors (Lipinski definition) is 2. The third-order valence-electron chi connectivity index (χ3n) is 3.86. The van der Waals surface area contributed by atoms with Crippen molar-refractivity contribution in [2.75, 3.05) is 13.1 Å². The zero-order valence-electron chi connectivity index (χ0n) is 9.28. The van der Waals surface area contributed by atoms with E-state index in [0.29, 0.717) is 0 Å². The van der Waals surface area contributed by atoms with Crippen LogP contribution in [0.3, 0.4) is 0 Å². The molecule has 2 fully saturated rings. The van der Waals surface area contributed by atoms with E-state index in [1.807, 2.05) is 6.92 Å². The fourth-order valence-electron chi connectivity index (χ4n) is 3.29. The van der Waals surface area contributed by atoms with Crippen molar-refractivity contribution in [2.24, 2.45) is 5.92 Å². The smallest absolute Gasteiger partial charge is 0.0639 e. The molecule has 2 heteroatoms. The molecule has 2 unspecified atom stereocenters. The molecule has 1 aliphatic carbocycles. The van der Waals surface area contributed by atoms with Gasteiger partial charge in [-0.3, -0.25) is 4.90 Å². The van der Waals surface area contributed by atoms with E-state index in [1.165, 1.54) is 45.1 Å². The molecule has 1 saturated carbocycles. The van der Waals surface area contributed by atoms with Gasteiger partial charge in [0.15, 0.2) is 0 Å². The number of β-amino-alcohol motifs (C(OH)–C–C–N with tert-alkyl or cyclic N) is 1. The summed E-state index contributed by atoms with van der Waals surface area (Å²) in [6, 6.07) is 0.798. The molecule has 0 bridgehead atoms. The molecule has 1 N–H and O–H groups in total. The van der Waals surface area contributed by atoms with Crippen molar-refractivity contribution in [3.63, 3.8) is 0 Å². The number of hydrogen-bond donors (Lipinski definition) is 1. The molecule has 3 atom stereocenters. The quantitative estimate of drug-likeness (QED) is 0.732. The summed E-state index contributed by atoms with van der Waals surface area (Å²) in [6.07, 6.45) is 8.25. The topological polar surface area (TPSA) is 23.5 Å². The molecular weight excluding hydrogens is 174 g/mol. The first-order chi connectivity index (χ1) is 6.77. The lowest BCUT2D eigenvalue weighted by atomic mass is 9.78. The highest BCUT2D eigenvalue weighted by Gasteiger charge is 2.33. The Morgan fingerprint density at radius 3 is 2.71 bits per heavy atom. The fraction of sp³-hybridized carbons (Fsp3) is 1.00. The predicted octanol–water partition coefficient (Wildman–Crippen LogP) is 2.02. The van der Waals surface area contributed by atoms with Crippen molar-refractivity contribution >= 4 is 0 Å². The van der Waals surface area contributed by atoms with Crippen LogP contribution >= 0.6 is 0 Å². The molecule has 2 aliphatic rings. The van der Waals surface area contributed by atoms with Crippen LogP contribution in [0, 0.1) is 5.92 Å². The van der Waals surface area contributed by atoms with Gasteiger partial charge in [-0.15, -0.1) is 0 Å². The van der Waals surface area contributed by atoms with E-state index in [1.54, 1.807) is 0 Å². The summed E-state index contributed by atoms with van der Waals surface area (Å²) in [7, 11) is 0. The number of likely N-dealkylation sites (tertiary alicyclic amines) is 1. The third kappa shape index (κ3) is 2.29. The summed E-state index contributed by atoms with van der Waals surface area (Å²) >= 11 is 0. The van der Waals surface area contributed by atoms with Gasteiger partial charge in [0.05, 0.1) is 6.10 Å². The average Bonchev–Trinajstić information content (AvgIpc) is 2.18. The van der Waals surface area contributed by atoms with Crippen LogP contribution < -0.4 is 0 Å². The number of piperidine rings is 1. The second-order valence-corrected chi connectivity index (χ2v) is 5.10. The van der Waals surface area contributed by atoms with Gasteiger partial charge in [0.2, 0.25) is 0 Å². The molecule has 0 aromatic carbocycles.